The molecule has 0 atom stereocenters. The van der Waals surface area contributed by atoms with Crippen molar-refractivity contribution in [3.05, 3.63) is 24.3 Å². The van der Waals surface area contributed by atoms with Crippen LogP contribution in [0.15, 0.2) is 29.2 Å². The highest BCUT2D eigenvalue weighted by Gasteiger charge is 2.16. The van der Waals surface area contributed by atoms with Crippen LogP contribution in [0.5, 0.6) is 0 Å². The molecule has 0 aliphatic heterocycles. The molecule has 0 aliphatic rings. The summed E-state index contributed by atoms with van der Waals surface area (Å²) in [5, 5.41) is 5.89. The van der Waals surface area contributed by atoms with E-state index in [9.17, 15) is 13.2 Å². The number of nitrogens with one attached hydrogen (secondary N) is 2. The van der Waals surface area contributed by atoms with E-state index in [1.807, 2.05) is 20.8 Å². The molecule has 1 amide bonds. The molecule has 1 aromatic carbocycles. The smallest absolute Gasteiger partial charge is 0.222 e. The average Bonchev–Trinajstić information content (AvgIpc) is 2.37. The lowest BCUT2D eigenvalue weighted by atomic mass is 10.1. The van der Waals surface area contributed by atoms with E-state index in [1.165, 1.54) is 0 Å². The summed E-state index contributed by atoms with van der Waals surface area (Å²) in [6, 6.07) is 6.76. The molecule has 0 heterocycles. The van der Waals surface area contributed by atoms with Crippen LogP contribution >= 0.6 is 0 Å². The molecule has 0 spiro atoms. The number of rotatable bonds is 6. The van der Waals surface area contributed by atoms with Gasteiger partial charge in [0.2, 0.25) is 5.91 Å². The van der Waals surface area contributed by atoms with Gasteiger partial charge >= 0.3 is 0 Å². The second-order valence-corrected chi connectivity index (χ2v) is 8.12. The van der Waals surface area contributed by atoms with Crippen molar-refractivity contribution in [2.45, 2.75) is 44.6 Å². The van der Waals surface area contributed by atoms with Crippen LogP contribution in [0.2, 0.25) is 0 Å². The molecule has 0 aromatic heterocycles. The molecule has 0 fully saturated rings. The van der Waals surface area contributed by atoms with Gasteiger partial charge in [-0.15, -0.1) is 0 Å². The summed E-state index contributed by atoms with van der Waals surface area (Å²) in [5.41, 5.74) is 0.281. The predicted molar refractivity (Wildman–Crippen MR) is 85.2 cm³/mol. The first kappa shape index (κ1) is 17.5. The van der Waals surface area contributed by atoms with Gasteiger partial charge in [0.1, 0.15) is 0 Å². The van der Waals surface area contributed by atoms with Crippen LogP contribution in [0, 0.1) is 0 Å². The Morgan fingerprint density at radius 1 is 1.19 bits per heavy atom. The highest BCUT2D eigenvalue weighted by Crippen LogP contribution is 2.21. The van der Waals surface area contributed by atoms with E-state index in [-0.39, 0.29) is 28.5 Å². The third-order valence-corrected chi connectivity index (χ3v) is 4.57. The number of hydrogen-bond acceptors (Lipinski definition) is 4. The van der Waals surface area contributed by atoms with Crippen molar-refractivity contribution in [3.8, 4) is 0 Å². The molecule has 5 nitrogen and oxygen atoms in total. The van der Waals surface area contributed by atoms with Crippen LogP contribution in [-0.4, -0.2) is 32.2 Å². The first-order valence-electron chi connectivity index (χ1n) is 7.02. The third-order valence-electron chi connectivity index (χ3n) is 2.78. The van der Waals surface area contributed by atoms with Crippen molar-refractivity contribution in [1.82, 2.24) is 5.32 Å². The molecule has 118 valence electrons. The summed E-state index contributed by atoms with van der Waals surface area (Å²) >= 11 is 0. The van der Waals surface area contributed by atoms with Crippen LogP contribution < -0.4 is 10.6 Å². The second-order valence-electron chi connectivity index (χ2n) is 5.87. The molecule has 0 aliphatic carbocycles. The molecule has 2 N–H and O–H groups in total. The predicted octanol–water partition coefficient (Wildman–Crippen LogP) is 2.20. The van der Waals surface area contributed by atoms with Gasteiger partial charge in [-0.3, -0.25) is 4.79 Å². The zero-order valence-corrected chi connectivity index (χ0v) is 13.9. The van der Waals surface area contributed by atoms with Gasteiger partial charge in [-0.25, -0.2) is 8.42 Å². The van der Waals surface area contributed by atoms with Crippen molar-refractivity contribution in [2.75, 3.05) is 17.6 Å². The summed E-state index contributed by atoms with van der Waals surface area (Å²) in [5.74, 6) is -0.0123. The molecule has 0 unspecified atom stereocenters. The lowest BCUT2D eigenvalue weighted by Crippen LogP contribution is -2.41. The van der Waals surface area contributed by atoms with Gasteiger partial charge in [-0.2, -0.15) is 0 Å². The first-order chi connectivity index (χ1) is 9.65. The largest absolute Gasteiger partial charge is 0.383 e. The number of anilines is 1. The maximum atomic E-state index is 12.0. The van der Waals surface area contributed by atoms with E-state index in [2.05, 4.69) is 10.6 Å². The van der Waals surface area contributed by atoms with Gasteiger partial charge in [0.05, 0.1) is 16.3 Å². The maximum absolute atomic E-state index is 12.0. The Hall–Kier alpha value is -1.56. The topological polar surface area (TPSA) is 75.3 Å². The van der Waals surface area contributed by atoms with Crippen molar-refractivity contribution >= 4 is 21.4 Å². The van der Waals surface area contributed by atoms with E-state index < -0.39 is 9.84 Å². The lowest BCUT2D eigenvalue weighted by molar-refractivity contribution is -0.122. The highest BCUT2D eigenvalue weighted by molar-refractivity contribution is 7.91. The zero-order valence-electron chi connectivity index (χ0n) is 13.1. The van der Waals surface area contributed by atoms with E-state index in [0.29, 0.717) is 12.2 Å². The average molecular weight is 312 g/mol. The van der Waals surface area contributed by atoms with Crippen LogP contribution in [0.3, 0.4) is 0 Å². The quantitative estimate of drug-likeness (QED) is 0.844. The highest BCUT2D eigenvalue weighted by atomic mass is 32.2. The Kier molecular flexibility index (Phi) is 5.78. The second kappa shape index (κ2) is 6.93. The van der Waals surface area contributed by atoms with Crippen LogP contribution in [0.25, 0.3) is 0 Å². The van der Waals surface area contributed by atoms with Crippen molar-refractivity contribution in [2.24, 2.45) is 0 Å². The minimum atomic E-state index is -3.27. The normalized spacial score (nSPS) is 12.0. The van der Waals surface area contributed by atoms with Crippen LogP contribution in [0.1, 0.15) is 34.1 Å². The molecule has 1 aromatic rings. The van der Waals surface area contributed by atoms with Crippen LogP contribution in [0.4, 0.5) is 5.69 Å². The fourth-order valence-electron chi connectivity index (χ4n) is 1.83. The number of amides is 1. The van der Waals surface area contributed by atoms with E-state index in [4.69, 9.17) is 0 Å². The first-order valence-corrected chi connectivity index (χ1v) is 8.67. The fourth-order valence-corrected chi connectivity index (χ4v) is 2.90. The summed E-state index contributed by atoms with van der Waals surface area (Å²) in [7, 11) is -3.27. The minimum absolute atomic E-state index is 0.0518. The number of carbonyl (C=O) groups excluding carboxylic acids is 1. The van der Waals surface area contributed by atoms with Crippen molar-refractivity contribution < 1.29 is 13.2 Å². The third kappa shape index (κ3) is 5.75. The Bertz CT molecular complexity index is 589. The monoisotopic (exact) mass is 312 g/mol. The SMILES string of the molecule is CCS(=O)(=O)c1ccccc1NCCC(=O)NC(C)(C)C. The number of carbonyl (C=O) groups is 1. The molecule has 0 radical (unpaired) electrons. The van der Waals surface area contributed by atoms with Gasteiger partial charge in [-0.05, 0) is 32.9 Å². The molecule has 6 heteroatoms. The molecular formula is C15H24N2O3S. The Labute approximate surface area is 127 Å². The number of hydrogen-bond donors (Lipinski definition) is 2. The lowest BCUT2D eigenvalue weighted by Gasteiger charge is -2.20. The molecule has 0 saturated heterocycles. The Morgan fingerprint density at radius 2 is 1.81 bits per heavy atom. The van der Waals surface area contributed by atoms with E-state index in [0.717, 1.165) is 0 Å². The maximum Gasteiger partial charge on any atom is 0.222 e. The summed E-state index contributed by atoms with van der Waals surface area (Å²) in [6.45, 7) is 7.76. The van der Waals surface area contributed by atoms with Gasteiger partial charge in [0.25, 0.3) is 0 Å². The van der Waals surface area contributed by atoms with Gasteiger partial charge in [-0.1, -0.05) is 19.1 Å². The number of para-hydroxylation sites is 1. The molecule has 0 saturated carbocycles. The van der Waals surface area contributed by atoms with Crippen molar-refractivity contribution in [1.29, 1.82) is 0 Å². The fraction of sp³-hybridized carbons (Fsp3) is 0.533. The number of benzene rings is 1. The van der Waals surface area contributed by atoms with Gasteiger partial charge < -0.3 is 10.6 Å². The molecule has 21 heavy (non-hydrogen) atoms. The minimum Gasteiger partial charge on any atom is -0.383 e. The summed E-state index contributed by atoms with van der Waals surface area (Å²) in [4.78, 5) is 12.0. The zero-order chi connectivity index (χ0) is 16.1. The number of sulfone groups is 1. The van der Waals surface area contributed by atoms with E-state index >= 15 is 0 Å². The van der Waals surface area contributed by atoms with E-state index in [1.54, 1.807) is 31.2 Å². The Balaban J connectivity index is 2.67. The molecule has 1 rings (SSSR count). The van der Waals surface area contributed by atoms with Crippen LogP contribution in [-0.2, 0) is 14.6 Å². The standard InChI is InChI=1S/C15H24N2O3S/c1-5-21(19,20)13-9-7-6-8-12(13)16-11-10-14(18)17-15(2,3)4/h6-9,16H,5,10-11H2,1-4H3,(H,17,18). The molecular weight excluding hydrogens is 288 g/mol. The van der Waals surface area contributed by atoms with Crippen molar-refractivity contribution in [3.63, 3.8) is 0 Å². The summed E-state index contributed by atoms with van der Waals surface area (Å²) in [6.07, 6.45) is 0.289. The van der Waals surface area contributed by atoms with Gasteiger partial charge in [0.15, 0.2) is 9.84 Å². The Morgan fingerprint density at radius 3 is 2.38 bits per heavy atom. The summed E-state index contributed by atoms with van der Waals surface area (Å²) < 4.78 is 24.0. The molecule has 0 bridgehead atoms. The van der Waals surface area contributed by atoms with Gasteiger partial charge in [0, 0.05) is 18.5 Å².